The van der Waals surface area contributed by atoms with Crippen molar-refractivity contribution in [2.45, 2.75) is 111 Å². The molecule has 0 saturated carbocycles. The van der Waals surface area contributed by atoms with E-state index in [1.54, 1.807) is 39.2 Å². The lowest BCUT2D eigenvalue weighted by Crippen LogP contribution is -2.45. The van der Waals surface area contributed by atoms with Gasteiger partial charge in [0.25, 0.3) is 0 Å². The zero-order valence-electron chi connectivity index (χ0n) is 22.4. The van der Waals surface area contributed by atoms with Crippen molar-refractivity contribution < 1.29 is 34.8 Å². The number of ketones is 1. The van der Waals surface area contributed by atoms with Crippen LogP contribution in [0.2, 0.25) is 0 Å². The van der Waals surface area contributed by atoms with Gasteiger partial charge in [0.15, 0.2) is 0 Å². The number of Topliss-reactive ketones (excluding diaryl/α,β-unsaturated/α-hetero) is 1. The summed E-state index contributed by atoms with van der Waals surface area (Å²) in [6.45, 7) is 10.1. The Bertz CT molecular complexity index is 923. The van der Waals surface area contributed by atoms with Gasteiger partial charge < -0.3 is 25.2 Å². The Morgan fingerprint density at radius 2 is 1.86 bits per heavy atom. The van der Waals surface area contributed by atoms with Crippen molar-refractivity contribution in [1.29, 1.82) is 0 Å². The molecular formula is C27H43NO7S. The SMILES string of the molecule is C/C(=C\c1csc(CO)n1)C1CCC(C)(O)CCCC(C)C(O)C(C)C(=O)C(C)(C)C(O)CC(=O)O1. The van der Waals surface area contributed by atoms with E-state index in [1.807, 2.05) is 13.8 Å². The maximum Gasteiger partial charge on any atom is 0.309 e. The normalized spacial score (nSPS) is 33.8. The minimum absolute atomic E-state index is 0.153. The van der Waals surface area contributed by atoms with Gasteiger partial charge in [-0.15, -0.1) is 11.3 Å². The molecular weight excluding hydrogens is 482 g/mol. The zero-order chi connectivity index (χ0) is 27.3. The summed E-state index contributed by atoms with van der Waals surface area (Å²) in [5, 5.41) is 44.3. The van der Waals surface area contributed by atoms with Crippen LogP contribution in [0.1, 0.15) is 90.8 Å². The highest BCUT2D eigenvalue weighted by molar-refractivity contribution is 7.09. The number of aliphatic hydroxyl groups excluding tert-OH is 3. The van der Waals surface area contributed by atoms with Crippen LogP contribution in [0, 0.1) is 17.3 Å². The highest BCUT2D eigenvalue weighted by Crippen LogP contribution is 2.33. The summed E-state index contributed by atoms with van der Waals surface area (Å²) in [6.07, 6.45) is 1.16. The number of rotatable bonds is 3. The summed E-state index contributed by atoms with van der Waals surface area (Å²) in [5.74, 6) is -1.83. The van der Waals surface area contributed by atoms with Crippen LogP contribution in [0.5, 0.6) is 0 Å². The van der Waals surface area contributed by atoms with Crippen molar-refractivity contribution in [3.8, 4) is 0 Å². The largest absolute Gasteiger partial charge is 0.458 e. The molecule has 6 atom stereocenters. The molecule has 36 heavy (non-hydrogen) atoms. The smallest absolute Gasteiger partial charge is 0.309 e. The maximum atomic E-state index is 13.2. The Kier molecular flexibility index (Phi) is 10.8. The molecule has 0 amide bonds. The van der Waals surface area contributed by atoms with E-state index in [4.69, 9.17) is 4.74 Å². The molecule has 0 spiro atoms. The number of hydrogen-bond donors (Lipinski definition) is 4. The summed E-state index contributed by atoms with van der Waals surface area (Å²) < 4.78 is 5.76. The Balaban J connectivity index is 2.33. The van der Waals surface area contributed by atoms with Crippen molar-refractivity contribution in [3.63, 3.8) is 0 Å². The third kappa shape index (κ3) is 8.18. The summed E-state index contributed by atoms with van der Waals surface area (Å²) in [5.41, 5.74) is -0.878. The molecule has 8 nitrogen and oxygen atoms in total. The summed E-state index contributed by atoms with van der Waals surface area (Å²) in [6, 6.07) is 0. The number of nitrogens with zero attached hydrogens (tertiary/aromatic N) is 1. The van der Waals surface area contributed by atoms with Gasteiger partial charge in [0, 0.05) is 11.3 Å². The van der Waals surface area contributed by atoms with Crippen molar-refractivity contribution in [2.75, 3.05) is 0 Å². The third-order valence-electron chi connectivity index (χ3n) is 7.52. The van der Waals surface area contributed by atoms with Gasteiger partial charge in [-0.25, -0.2) is 4.98 Å². The minimum Gasteiger partial charge on any atom is -0.458 e. The van der Waals surface area contributed by atoms with E-state index >= 15 is 0 Å². The van der Waals surface area contributed by atoms with Crippen molar-refractivity contribution >= 4 is 29.2 Å². The van der Waals surface area contributed by atoms with Gasteiger partial charge >= 0.3 is 5.97 Å². The third-order valence-corrected chi connectivity index (χ3v) is 8.37. The Hall–Kier alpha value is -1.65. The first kappa shape index (κ1) is 30.6. The van der Waals surface area contributed by atoms with E-state index < -0.39 is 41.2 Å². The molecule has 1 aliphatic heterocycles. The maximum absolute atomic E-state index is 13.2. The van der Waals surface area contributed by atoms with Crippen LogP contribution < -0.4 is 0 Å². The second kappa shape index (κ2) is 12.7. The molecule has 2 rings (SSSR count). The quantitative estimate of drug-likeness (QED) is 0.439. The Labute approximate surface area is 218 Å². The molecule has 1 saturated heterocycles. The number of aromatic nitrogens is 1. The number of carbonyl (C=O) groups excluding carboxylic acids is 2. The molecule has 0 aliphatic carbocycles. The number of esters is 1. The van der Waals surface area contributed by atoms with Gasteiger partial charge in [0.1, 0.15) is 16.9 Å². The first-order valence-electron chi connectivity index (χ1n) is 12.7. The molecule has 1 fully saturated rings. The monoisotopic (exact) mass is 525 g/mol. The Morgan fingerprint density at radius 1 is 1.19 bits per heavy atom. The molecule has 9 heteroatoms. The van der Waals surface area contributed by atoms with E-state index in [0.29, 0.717) is 42.8 Å². The van der Waals surface area contributed by atoms with Crippen molar-refractivity contribution in [3.05, 3.63) is 21.7 Å². The zero-order valence-corrected chi connectivity index (χ0v) is 23.2. The molecule has 1 aromatic rings. The molecule has 1 aliphatic rings. The first-order valence-corrected chi connectivity index (χ1v) is 13.6. The van der Waals surface area contributed by atoms with Crippen LogP contribution in [0.25, 0.3) is 6.08 Å². The highest BCUT2D eigenvalue weighted by atomic mass is 32.1. The molecule has 4 N–H and O–H groups in total. The summed E-state index contributed by atoms with van der Waals surface area (Å²) in [4.78, 5) is 30.4. The fourth-order valence-electron chi connectivity index (χ4n) is 4.73. The fraction of sp³-hybridized carbons (Fsp3) is 0.741. The van der Waals surface area contributed by atoms with Gasteiger partial charge in [-0.1, -0.05) is 34.1 Å². The van der Waals surface area contributed by atoms with E-state index in [0.717, 1.165) is 5.57 Å². The van der Waals surface area contributed by atoms with Gasteiger partial charge in [-0.2, -0.15) is 0 Å². The molecule has 204 valence electrons. The average molecular weight is 526 g/mol. The lowest BCUT2D eigenvalue weighted by molar-refractivity contribution is -0.155. The van der Waals surface area contributed by atoms with Gasteiger partial charge in [-0.3, -0.25) is 9.59 Å². The second-order valence-electron chi connectivity index (χ2n) is 11.2. The predicted molar refractivity (Wildman–Crippen MR) is 139 cm³/mol. The number of cyclic esters (lactones) is 1. The number of hydrogen-bond acceptors (Lipinski definition) is 9. The minimum atomic E-state index is -1.28. The molecule has 6 unspecified atom stereocenters. The molecule has 0 bridgehead atoms. The number of aliphatic hydroxyl groups is 4. The fourth-order valence-corrected chi connectivity index (χ4v) is 5.34. The van der Waals surface area contributed by atoms with Crippen LogP contribution >= 0.6 is 11.3 Å². The number of carbonyl (C=O) groups is 2. The highest BCUT2D eigenvalue weighted by Gasteiger charge is 2.42. The molecule has 0 radical (unpaired) electrons. The Morgan fingerprint density at radius 3 is 2.47 bits per heavy atom. The number of thiazole rings is 1. The van der Waals surface area contributed by atoms with Gasteiger partial charge in [0.2, 0.25) is 0 Å². The van der Waals surface area contributed by atoms with Gasteiger partial charge in [-0.05, 0) is 57.1 Å². The van der Waals surface area contributed by atoms with E-state index in [9.17, 15) is 30.0 Å². The lowest BCUT2D eigenvalue weighted by atomic mass is 9.73. The second-order valence-corrected chi connectivity index (χ2v) is 12.1. The topological polar surface area (TPSA) is 137 Å². The van der Waals surface area contributed by atoms with E-state index in [-0.39, 0.29) is 24.7 Å². The molecule has 0 aromatic carbocycles. The van der Waals surface area contributed by atoms with Crippen LogP contribution in [0.15, 0.2) is 11.0 Å². The van der Waals surface area contributed by atoms with E-state index in [1.165, 1.54) is 11.3 Å². The number of ether oxygens (including phenoxy) is 1. The van der Waals surface area contributed by atoms with Crippen LogP contribution in [-0.2, 0) is 20.9 Å². The molecule has 2 heterocycles. The van der Waals surface area contributed by atoms with Gasteiger partial charge in [0.05, 0.1) is 41.9 Å². The van der Waals surface area contributed by atoms with Crippen molar-refractivity contribution in [2.24, 2.45) is 17.3 Å². The van der Waals surface area contributed by atoms with E-state index in [2.05, 4.69) is 4.98 Å². The summed E-state index contributed by atoms with van der Waals surface area (Å²) in [7, 11) is 0. The van der Waals surface area contributed by atoms with Crippen LogP contribution in [-0.4, -0.2) is 61.1 Å². The van der Waals surface area contributed by atoms with Crippen LogP contribution in [0.3, 0.4) is 0 Å². The average Bonchev–Trinajstić information content (AvgIpc) is 3.26. The lowest BCUT2D eigenvalue weighted by Gasteiger charge is -2.35. The standard InChI is InChI=1S/C27H43NO7S/c1-16-8-7-10-27(6,34)11-9-20(17(2)12-19-15-36-22(14-29)28-19)35-23(31)13-21(30)26(4,5)25(33)18(3)24(16)32/h12,15-16,18,20-21,24,29-30,32,34H,7-11,13-14H2,1-6H3/b17-12+. The molecule has 1 aromatic heterocycles. The first-order chi connectivity index (χ1) is 16.7. The predicted octanol–water partition coefficient (Wildman–Crippen LogP) is 3.65. The summed E-state index contributed by atoms with van der Waals surface area (Å²) >= 11 is 1.33. The van der Waals surface area contributed by atoms with Crippen LogP contribution in [0.4, 0.5) is 0 Å². The van der Waals surface area contributed by atoms with Crippen molar-refractivity contribution in [1.82, 2.24) is 4.98 Å².